The molecule has 0 spiro atoms. The first-order valence-electron chi connectivity index (χ1n) is 6.54. The van der Waals surface area contributed by atoms with Crippen LogP contribution in [0.4, 0.5) is 5.69 Å². The Morgan fingerprint density at radius 3 is 2.67 bits per heavy atom. The molecule has 0 atom stereocenters. The van der Waals surface area contributed by atoms with Gasteiger partial charge in [0, 0.05) is 24.9 Å². The van der Waals surface area contributed by atoms with E-state index in [0.29, 0.717) is 16.8 Å². The molecule has 0 radical (unpaired) electrons. The number of benzene rings is 1. The van der Waals surface area contributed by atoms with Crippen LogP contribution in [0.5, 0.6) is 0 Å². The molecule has 0 saturated heterocycles. The fraction of sp³-hybridized carbons (Fsp3) is 0.267. The second-order valence-electron chi connectivity index (χ2n) is 4.64. The summed E-state index contributed by atoms with van der Waals surface area (Å²) in [5.41, 5.74) is 2.04. The highest BCUT2D eigenvalue weighted by molar-refractivity contribution is 5.98. The number of nitrogens with zero attached hydrogens (tertiary/aromatic N) is 2. The molecule has 0 aliphatic carbocycles. The average Bonchev–Trinajstić information content (AvgIpc) is 2.73. The van der Waals surface area contributed by atoms with Crippen LogP contribution in [-0.4, -0.2) is 22.1 Å². The standard InChI is InChI=1S/C15H16N2O4/c1-4-21-15(18)14-13(10(2)9-16(14)3)11-7-5-6-8-12(11)17(19)20/h5-9H,4H2,1-3H3. The Kier molecular flexibility index (Phi) is 4.07. The number of aromatic nitrogens is 1. The van der Waals surface area contributed by atoms with Gasteiger partial charge in [0.05, 0.1) is 17.1 Å². The third-order valence-corrected chi connectivity index (χ3v) is 3.21. The highest BCUT2D eigenvalue weighted by Crippen LogP contribution is 2.35. The lowest BCUT2D eigenvalue weighted by atomic mass is 10.0. The van der Waals surface area contributed by atoms with Gasteiger partial charge in [-0.1, -0.05) is 12.1 Å². The number of nitro benzene ring substituents is 1. The number of hydrogen-bond donors (Lipinski definition) is 0. The summed E-state index contributed by atoms with van der Waals surface area (Å²) in [6.45, 7) is 3.78. The smallest absolute Gasteiger partial charge is 0.355 e. The number of ether oxygens (including phenoxy) is 1. The van der Waals surface area contributed by atoms with Gasteiger partial charge in [0.15, 0.2) is 0 Å². The van der Waals surface area contributed by atoms with Crippen LogP contribution in [0.15, 0.2) is 30.5 Å². The molecule has 110 valence electrons. The zero-order valence-electron chi connectivity index (χ0n) is 12.1. The molecule has 2 aromatic rings. The van der Waals surface area contributed by atoms with Crippen molar-refractivity contribution in [3.05, 3.63) is 51.8 Å². The molecule has 0 bridgehead atoms. The maximum absolute atomic E-state index is 12.1. The lowest BCUT2D eigenvalue weighted by Gasteiger charge is -2.08. The van der Waals surface area contributed by atoms with Crippen molar-refractivity contribution in [2.24, 2.45) is 7.05 Å². The monoisotopic (exact) mass is 288 g/mol. The van der Waals surface area contributed by atoms with Crippen LogP contribution >= 0.6 is 0 Å². The summed E-state index contributed by atoms with van der Waals surface area (Å²) in [4.78, 5) is 22.9. The van der Waals surface area contributed by atoms with Crippen molar-refractivity contribution in [2.45, 2.75) is 13.8 Å². The van der Waals surface area contributed by atoms with Gasteiger partial charge >= 0.3 is 5.97 Å². The van der Waals surface area contributed by atoms with Gasteiger partial charge in [0.25, 0.3) is 5.69 Å². The molecule has 0 saturated carbocycles. The zero-order valence-corrected chi connectivity index (χ0v) is 12.1. The number of para-hydroxylation sites is 1. The number of aryl methyl sites for hydroxylation is 2. The Balaban J connectivity index is 2.70. The molecule has 0 amide bonds. The van der Waals surface area contributed by atoms with Crippen LogP contribution in [0.2, 0.25) is 0 Å². The van der Waals surface area contributed by atoms with E-state index in [1.165, 1.54) is 6.07 Å². The minimum Gasteiger partial charge on any atom is -0.461 e. The van der Waals surface area contributed by atoms with E-state index in [4.69, 9.17) is 4.74 Å². The van der Waals surface area contributed by atoms with Crippen molar-refractivity contribution in [1.82, 2.24) is 4.57 Å². The van der Waals surface area contributed by atoms with Gasteiger partial charge in [-0.05, 0) is 25.5 Å². The minimum atomic E-state index is -0.485. The van der Waals surface area contributed by atoms with Crippen LogP contribution < -0.4 is 0 Å². The summed E-state index contributed by atoms with van der Waals surface area (Å²) in [6.07, 6.45) is 1.76. The van der Waals surface area contributed by atoms with Crippen LogP contribution in [0.3, 0.4) is 0 Å². The Morgan fingerprint density at radius 2 is 2.05 bits per heavy atom. The molecule has 0 N–H and O–H groups in total. The molecule has 0 fully saturated rings. The molecule has 0 unspecified atom stereocenters. The number of nitro groups is 1. The van der Waals surface area contributed by atoms with Crippen molar-refractivity contribution in [3.63, 3.8) is 0 Å². The molecule has 21 heavy (non-hydrogen) atoms. The van der Waals surface area contributed by atoms with E-state index in [1.807, 2.05) is 6.92 Å². The number of carbonyl (C=O) groups excluding carboxylic acids is 1. The predicted molar refractivity (Wildman–Crippen MR) is 78.2 cm³/mol. The number of esters is 1. The van der Waals surface area contributed by atoms with Crippen LogP contribution in [0, 0.1) is 17.0 Å². The van der Waals surface area contributed by atoms with Gasteiger partial charge in [-0.15, -0.1) is 0 Å². The van der Waals surface area contributed by atoms with Crippen molar-refractivity contribution < 1.29 is 14.5 Å². The summed E-state index contributed by atoms with van der Waals surface area (Å²) in [5.74, 6) is -0.485. The SMILES string of the molecule is CCOC(=O)c1c(-c2ccccc2[N+](=O)[O-])c(C)cn1C. The van der Waals surface area contributed by atoms with Crippen LogP contribution in [-0.2, 0) is 11.8 Å². The topological polar surface area (TPSA) is 74.4 Å². The molecule has 1 aromatic carbocycles. The van der Waals surface area contributed by atoms with Crippen molar-refractivity contribution in [3.8, 4) is 11.1 Å². The van der Waals surface area contributed by atoms with E-state index < -0.39 is 10.9 Å². The van der Waals surface area contributed by atoms with Gasteiger partial charge in [-0.25, -0.2) is 4.79 Å². The second kappa shape index (κ2) is 5.78. The molecule has 6 nitrogen and oxygen atoms in total. The zero-order chi connectivity index (χ0) is 15.6. The lowest BCUT2D eigenvalue weighted by molar-refractivity contribution is -0.384. The van der Waals surface area contributed by atoms with Gasteiger partial charge in [-0.2, -0.15) is 0 Å². The van der Waals surface area contributed by atoms with E-state index >= 15 is 0 Å². The molecule has 0 aliphatic rings. The van der Waals surface area contributed by atoms with E-state index in [0.717, 1.165) is 5.56 Å². The van der Waals surface area contributed by atoms with E-state index in [1.54, 1.807) is 42.9 Å². The summed E-state index contributed by atoms with van der Waals surface area (Å²) in [5, 5.41) is 11.2. The molecule has 2 rings (SSSR count). The molecule has 6 heteroatoms. The maximum atomic E-state index is 12.1. The Bertz CT molecular complexity index is 704. The molecular weight excluding hydrogens is 272 g/mol. The van der Waals surface area contributed by atoms with E-state index in [9.17, 15) is 14.9 Å². The largest absolute Gasteiger partial charge is 0.461 e. The number of rotatable bonds is 4. The first kappa shape index (κ1) is 14.8. The summed E-state index contributed by atoms with van der Waals surface area (Å²) < 4.78 is 6.69. The first-order chi connectivity index (χ1) is 9.97. The summed E-state index contributed by atoms with van der Waals surface area (Å²) >= 11 is 0. The normalized spacial score (nSPS) is 10.4. The second-order valence-corrected chi connectivity index (χ2v) is 4.64. The third kappa shape index (κ3) is 2.65. The number of carbonyl (C=O) groups is 1. The fourth-order valence-electron chi connectivity index (χ4n) is 2.41. The van der Waals surface area contributed by atoms with E-state index in [-0.39, 0.29) is 12.3 Å². The van der Waals surface area contributed by atoms with Crippen molar-refractivity contribution >= 4 is 11.7 Å². The predicted octanol–water partition coefficient (Wildman–Crippen LogP) is 3.09. The van der Waals surface area contributed by atoms with Gasteiger partial charge in [-0.3, -0.25) is 10.1 Å². The van der Waals surface area contributed by atoms with Crippen LogP contribution in [0.25, 0.3) is 11.1 Å². The minimum absolute atomic E-state index is 0.0302. The lowest BCUT2D eigenvalue weighted by Crippen LogP contribution is -2.11. The quantitative estimate of drug-likeness (QED) is 0.492. The first-order valence-corrected chi connectivity index (χ1v) is 6.54. The van der Waals surface area contributed by atoms with Crippen LogP contribution in [0.1, 0.15) is 23.0 Å². The fourth-order valence-corrected chi connectivity index (χ4v) is 2.41. The third-order valence-electron chi connectivity index (χ3n) is 3.21. The average molecular weight is 288 g/mol. The maximum Gasteiger partial charge on any atom is 0.355 e. The van der Waals surface area contributed by atoms with Gasteiger partial charge in [0.2, 0.25) is 0 Å². The highest BCUT2D eigenvalue weighted by atomic mass is 16.6. The molecule has 0 aliphatic heterocycles. The Morgan fingerprint density at radius 1 is 1.38 bits per heavy atom. The Labute approximate surface area is 122 Å². The molecule has 1 aromatic heterocycles. The van der Waals surface area contributed by atoms with Gasteiger partial charge in [0.1, 0.15) is 5.69 Å². The summed E-state index contributed by atoms with van der Waals surface area (Å²) in [7, 11) is 1.72. The highest BCUT2D eigenvalue weighted by Gasteiger charge is 2.25. The van der Waals surface area contributed by atoms with Crippen molar-refractivity contribution in [2.75, 3.05) is 6.61 Å². The Hall–Kier alpha value is -2.63. The molecular formula is C15H16N2O4. The van der Waals surface area contributed by atoms with Gasteiger partial charge < -0.3 is 9.30 Å². The molecule has 1 heterocycles. The number of hydrogen-bond acceptors (Lipinski definition) is 4. The van der Waals surface area contributed by atoms with E-state index in [2.05, 4.69) is 0 Å². The van der Waals surface area contributed by atoms with Crippen molar-refractivity contribution in [1.29, 1.82) is 0 Å². The summed E-state index contributed by atoms with van der Waals surface area (Å²) in [6, 6.07) is 6.38.